The first-order valence-electron chi connectivity index (χ1n) is 10.5. The molecule has 0 amide bonds. The highest BCUT2D eigenvalue weighted by atomic mass is 19.1. The molecule has 0 aliphatic heterocycles. The number of halogens is 2. The molecule has 0 bridgehead atoms. The molecule has 0 N–H and O–H groups in total. The van der Waals surface area contributed by atoms with Crippen LogP contribution in [-0.4, -0.2) is 27.0 Å². The summed E-state index contributed by atoms with van der Waals surface area (Å²) in [5.74, 6) is -0.745. The molecule has 0 saturated heterocycles. The second kappa shape index (κ2) is 8.97. The van der Waals surface area contributed by atoms with E-state index >= 15 is 0 Å². The van der Waals surface area contributed by atoms with E-state index < -0.39 is 11.6 Å². The highest BCUT2D eigenvalue weighted by Crippen LogP contribution is 2.28. The van der Waals surface area contributed by atoms with Crippen molar-refractivity contribution in [1.82, 2.24) is 14.1 Å². The number of ether oxygens (including phenoxy) is 1. The number of rotatable bonds is 7. The Balaban J connectivity index is 1.87. The molecule has 0 fully saturated rings. The summed E-state index contributed by atoms with van der Waals surface area (Å²) in [7, 11) is 1.57. The van der Waals surface area contributed by atoms with Gasteiger partial charge in [0.15, 0.2) is 11.4 Å². The number of carbonyl (C=O) groups excluding carboxylic acids is 1. The third-order valence-electron chi connectivity index (χ3n) is 5.72. The van der Waals surface area contributed by atoms with Crippen molar-refractivity contribution in [1.29, 1.82) is 0 Å². The van der Waals surface area contributed by atoms with Gasteiger partial charge in [0.05, 0.1) is 25.7 Å². The second-order valence-electron chi connectivity index (χ2n) is 7.80. The standard InChI is InChI=1S/C25H23F2N3O3/c1-4-18(31)14-29-22-11-17(20-9-10-21(26)15(2)23(20)27)12-28-24(22)30(25(29)32)13-16-5-7-19(33-3)8-6-16/h5-12H,4,13-14H2,1-3H3. The maximum atomic E-state index is 14.7. The fourth-order valence-corrected chi connectivity index (χ4v) is 3.72. The number of aromatic nitrogens is 3. The minimum Gasteiger partial charge on any atom is -0.497 e. The van der Waals surface area contributed by atoms with E-state index in [-0.39, 0.29) is 42.1 Å². The normalized spacial score (nSPS) is 11.2. The SMILES string of the molecule is CCC(=O)Cn1c(=O)n(Cc2ccc(OC)cc2)c2ncc(-c3ccc(F)c(C)c3F)cc21. The number of carbonyl (C=O) groups is 1. The summed E-state index contributed by atoms with van der Waals surface area (Å²) in [5, 5.41) is 0. The van der Waals surface area contributed by atoms with Crippen molar-refractivity contribution in [3.05, 3.63) is 81.9 Å². The van der Waals surface area contributed by atoms with Crippen LogP contribution in [0.3, 0.4) is 0 Å². The molecule has 2 aromatic carbocycles. The van der Waals surface area contributed by atoms with Gasteiger partial charge in [0, 0.05) is 29.3 Å². The van der Waals surface area contributed by atoms with Crippen molar-refractivity contribution in [2.24, 2.45) is 0 Å². The number of nitrogens with zero attached hydrogens (tertiary/aromatic N) is 3. The summed E-state index contributed by atoms with van der Waals surface area (Å²) >= 11 is 0. The Hall–Kier alpha value is -3.81. The van der Waals surface area contributed by atoms with Crippen molar-refractivity contribution in [3.8, 4) is 16.9 Å². The number of hydrogen-bond acceptors (Lipinski definition) is 4. The number of methoxy groups -OCH3 is 1. The minimum absolute atomic E-state index is 0.0942. The molecule has 6 nitrogen and oxygen atoms in total. The van der Waals surface area contributed by atoms with E-state index in [1.54, 1.807) is 32.2 Å². The predicted octanol–water partition coefficient (Wildman–Crippen LogP) is 4.49. The molecule has 4 aromatic rings. The Kier molecular flexibility index (Phi) is 6.09. The summed E-state index contributed by atoms with van der Waals surface area (Å²) in [5.41, 5.74) is 1.72. The molecule has 4 rings (SSSR count). The van der Waals surface area contributed by atoms with Crippen LogP contribution in [-0.2, 0) is 17.9 Å². The lowest BCUT2D eigenvalue weighted by molar-refractivity contribution is -0.119. The zero-order valence-electron chi connectivity index (χ0n) is 18.6. The Morgan fingerprint density at radius 1 is 1.09 bits per heavy atom. The van der Waals surface area contributed by atoms with Crippen LogP contribution < -0.4 is 10.4 Å². The van der Waals surface area contributed by atoms with Gasteiger partial charge < -0.3 is 4.74 Å². The first-order chi connectivity index (χ1) is 15.8. The van der Waals surface area contributed by atoms with Gasteiger partial charge in [0.2, 0.25) is 0 Å². The van der Waals surface area contributed by atoms with Gasteiger partial charge >= 0.3 is 5.69 Å². The van der Waals surface area contributed by atoms with Crippen LogP contribution in [0.2, 0.25) is 0 Å². The van der Waals surface area contributed by atoms with Crippen LogP contribution in [0.5, 0.6) is 5.75 Å². The molecule has 2 aromatic heterocycles. The van der Waals surface area contributed by atoms with Gasteiger partial charge in [-0.15, -0.1) is 0 Å². The molecule has 8 heteroatoms. The molecular formula is C25H23F2N3O3. The first-order valence-corrected chi connectivity index (χ1v) is 10.5. The Labute approximate surface area is 189 Å². The molecule has 0 aliphatic rings. The number of benzene rings is 2. The number of fused-ring (bicyclic) bond motifs is 1. The van der Waals surface area contributed by atoms with Crippen LogP contribution >= 0.6 is 0 Å². The lowest BCUT2D eigenvalue weighted by Gasteiger charge is -2.08. The molecule has 33 heavy (non-hydrogen) atoms. The fraction of sp³-hybridized carbons (Fsp3) is 0.240. The molecule has 170 valence electrons. The average molecular weight is 451 g/mol. The number of hydrogen-bond donors (Lipinski definition) is 0. The van der Waals surface area contributed by atoms with E-state index in [2.05, 4.69) is 4.98 Å². The quantitative estimate of drug-likeness (QED) is 0.415. The van der Waals surface area contributed by atoms with Gasteiger partial charge in [-0.2, -0.15) is 0 Å². The summed E-state index contributed by atoms with van der Waals surface area (Å²) in [6.45, 7) is 3.21. The van der Waals surface area contributed by atoms with Crippen LogP contribution in [0, 0.1) is 18.6 Å². The van der Waals surface area contributed by atoms with E-state index in [1.807, 2.05) is 12.1 Å². The topological polar surface area (TPSA) is 66.1 Å². The van der Waals surface area contributed by atoms with Gasteiger partial charge in [0.25, 0.3) is 0 Å². The second-order valence-corrected chi connectivity index (χ2v) is 7.80. The van der Waals surface area contributed by atoms with Gasteiger partial charge in [-0.1, -0.05) is 19.1 Å². The minimum atomic E-state index is -0.688. The molecular weight excluding hydrogens is 428 g/mol. The van der Waals surface area contributed by atoms with E-state index in [1.165, 1.54) is 34.4 Å². The highest BCUT2D eigenvalue weighted by Gasteiger charge is 2.19. The lowest BCUT2D eigenvalue weighted by Crippen LogP contribution is -2.27. The van der Waals surface area contributed by atoms with Gasteiger partial charge in [-0.05, 0) is 42.8 Å². The zero-order valence-corrected chi connectivity index (χ0v) is 18.6. The van der Waals surface area contributed by atoms with Gasteiger partial charge in [-0.25, -0.2) is 18.6 Å². The molecule has 0 atom stereocenters. The lowest BCUT2D eigenvalue weighted by atomic mass is 10.0. The first kappa shape index (κ1) is 22.4. The molecule has 2 heterocycles. The van der Waals surface area contributed by atoms with E-state index in [9.17, 15) is 18.4 Å². The van der Waals surface area contributed by atoms with Crippen molar-refractivity contribution in [3.63, 3.8) is 0 Å². The van der Waals surface area contributed by atoms with Crippen molar-refractivity contribution in [2.75, 3.05) is 7.11 Å². The maximum Gasteiger partial charge on any atom is 0.331 e. The Bertz CT molecular complexity index is 1410. The summed E-state index contributed by atoms with van der Waals surface area (Å²) in [4.78, 5) is 29.9. The van der Waals surface area contributed by atoms with E-state index in [4.69, 9.17) is 4.74 Å². The fourth-order valence-electron chi connectivity index (χ4n) is 3.72. The van der Waals surface area contributed by atoms with Crippen molar-refractivity contribution < 1.29 is 18.3 Å². The van der Waals surface area contributed by atoms with E-state index in [0.717, 1.165) is 5.56 Å². The Morgan fingerprint density at radius 3 is 2.48 bits per heavy atom. The number of pyridine rings is 1. The zero-order chi connectivity index (χ0) is 23.7. The summed E-state index contributed by atoms with van der Waals surface area (Å²) in [6, 6.07) is 11.4. The molecule has 0 radical (unpaired) electrons. The number of Topliss-reactive ketones (excluding diaryl/α,β-unsaturated/α-hetero) is 1. The smallest absolute Gasteiger partial charge is 0.331 e. The maximum absolute atomic E-state index is 14.7. The largest absolute Gasteiger partial charge is 0.497 e. The van der Waals surface area contributed by atoms with E-state index in [0.29, 0.717) is 22.5 Å². The molecule has 0 aliphatic carbocycles. The van der Waals surface area contributed by atoms with Crippen molar-refractivity contribution in [2.45, 2.75) is 33.4 Å². The number of ketones is 1. The number of imidazole rings is 1. The highest BCUT2D eigenvalue weighted by molar-refractivity contribution is 5.83. The monoisotopic (exact) mass is 451 g/mol. The Morgan fingerprint density at radius 2 is 1.82 bits per heavy atom. The van der Waals surface area contributed by atoms with Crippen LogP contribution in [0.4, 0.5) is 8.78 Å². The molecule has 0 spiro atoms. The molecule has 0 saturated carbocycles. The average Bonchev–Trinajstić information content (AvgIpc) is 3.08. The molecule has 0 unspecified atom stereocenters. The third-order valence-corrected chi connectivity index (χ3v) is 5.72. The van der Waals surface area contributed by atoms with Crippen LogP contribution in [0.25, 0.3) is 22.3 Å². The van der Waals surface area contributed by atoms with Crippen LogP contribution in [0.15, 0.2) is 53.5 Å². The van der Waals surface area contributed by atoms with Crippen molar-refractivity contribution >= 4 is 16.9 Å². The van der Waals surface area contributed by atoms with Crippen LogP contribution in [0.1, 0.15) is 24.5 Å². The van der Waals surface area contributed by atoms with Gasteiger partial charge in [0.1, 0.15) is 17.4 Å². The summed E-state index contributed by atoms with van der Waals surface area (Å²) in [6.07, 6.45) is 1.73. The third kappa shape index (κ3) is 4.16. The summed E-state index contributed by atoms with van der Waals surface area (Å²) < 4.78 is 36.5. The predicted molar refractivity (Wildman–Crippen MR) is 121 cm³/mol. The van der Waals surface area contributed by atoms with Gasteiger partial charge in [-0.3, -0.25) is 13.9 Å².